The van der Waals surface area contributed by atoms with Crippen LogP contribution in [0.5, 0.6) is 0 Å². The molecule has 0 radical (unpaired) electrons. The van der Waals surface area contributed by atoms with Crippen LogP contribution in [-0.4, -0.2) is 0 Å². The highest BCUT2D eigenvalue weighted by Gasteiger charge is 2.47. The molecule has 1 unspecified atom stereocenters. The van der Waals surface area contributed by atoms with Crippen LogP contribution in [0.3, 0.4) is 0 Å². The van der Waals surface area contributed by atoms with E-state index >= 15 is 0 Å². The molecular formula is C39H80. The second-order valence-electron chi connectivity index (χ2n) is 15.8. The summed E-state index contributed by atoms with van der Waals surface area (Å²) in [5, 5.41) is 0. The molecule has 0 aliphatic heterocycles. The van der Waals surface area contributed by atoms with Crippen molar-refractivity contribution < 1.29 is 0 Å². The molecule has 0 nitrogen and oxygen atoms in total. The molecule has 0 aromatic rings. The Hall–Kier alpha value is 0. The van der Waals surface area contributed by atoms with Gasteiger partial charge in [-0.2, -0.15) is 0 Å². The number of hydrogen-bond donors (Lipinski definition) is 0. The van der Waals surface area contributed by atoms with Gasteiger partial charge in [0.2, 0.25) is 0 Å². The van der Waals surface area contributed by atoms with Gasteiger partial charge in [0.1, 0.15) is 0 Å². The molecule has 0 heterocycles. The van der Waals surface area contributed by atoms with Gasteiger partial charge in [-0.1, -0.05) is 229 Å². The highest BCUT2D eigenvalue weighted by atomic mass is 14.5. The van der Waals surface area contributed by atoms with Crippen molar-refractivity contribution in [3.05, 3.63) is 0 Å². The fraction of sp³-hybridized carbons (Fsp3) is 1.00. The lowest BCUT2D eigenvalue weighted by Gasteiger charge is -2.54. The first-order chi connectivity index (χ1) is 18.5. The van der Waals surface area contributed by atoms with E-state index in [1.165, 1.54) is 167 Å². The standard InChI is InChI=1S/C39H80/c1-10-11-12-13-14-15-16-17-18-19-20-21-22-23-24-25-26-27-28-29-30-31-32-33-34-35-36(2)38(6,7)39(8,9)37(3,4)5/h36H,10-35H2,1-9H3. The highest BCUT2D eigenvalue weighted by molar-refractivity contribution is 4.96. The molecule has 0 heteroatoms. The maximum absolute atomic E-state index is 2.52. The summed E-state index contributed by atoms with van der Waals surface area (Å²) in [4.78, 5) is 0. The van der Waals surface area contributed by atoms with E-state index in [9.17, 15) is 0 Å². The molecule has 0 N–H and O–H groups in total. The average molecular weight is 549 g/mol. The van der Waals surface area contributed by atoms with Gasteiger partial charge in [-0.05, 0) is 22.2 Å². The van der Waals surface area contributed by atoms with E-state index < -0.39 is 0 Å². The van der Waals surface area contributed by atoms with Crippen LogP contribution in [0.15, 0.2) is 0 Å². The van der Waals surface area contributed by atoms with Crippen LogP contribution >= 0.6 is 0 Å². The maximum atomic E-state index is 2.52. The molecule has 236 valence electrons. The molecule has 0 aliphatic carbocycles. The van der Waals surface area contributed by atoms with Gasteiger partial charge in [0.25, 0.3) is 0 Å². The van der Waals surface area contributed by atoms with E-state index in [4.69, 9.17) is 0 Å². The van der Waals surface area contributed by atoms with E-state index in [-0.39, 0.29) is 0 Å². The Morgan fingerprint density at radius 1 is 0.359 bits per heavy atom. The minimum atomic E-state index is 0.339. The van der Waals surface area contributed by atoms with E-state index in [2.05, 4.69) is 62.3 Å². The zero-order valence-corrected chi connectivity index (χ0v) is 29.5. The normalized spacial score (nSPS) is 13.8. The van der Waals surface area contributed by atoms with Gasteiger partial charge in [-0.3, -0.25) is 0 Å². The molecule has 0 fully saturated rings. The minimum Gasteiger partial charge on any atom is -0.0654 e. The Labute approximate surface area is 251 Å². The van der Waals surface area contributed by atoms with Crippen LogP contribution in [0.25, 0.3) is 0 Å². The predicted octanol–water partition coefficient (Wildman–Crippen LogP) is 14.9. The van der Waals surface area contributed by atoms with Crippen molar-refractivity contribution in [3.8, 4) is 0 Å². The number of rotatable bonds is 28. The van der Waals surface area contributed by atoms with E-state index in [1.807, 2.05) is 0 Å². The van der Waals surface area contributed by atoms with Gasteiger partial charge >= 0.3 is 0 Å². The topological polar surface area (TPSA) is 0 Å². The second kappa shape index (κ2) is 23.6. The molecule has 0 aromatic heterocycles. The molecule has 0 aromatic carbocycles. The molecule has 0 bridgehead atoms. The Morgan fingerprint density at radius 2 is 0.590 bits per heavy atom. The Kier molecular flexibility index (Phi) is 23.6. The van der Waals surface area contributed by atoms with Gasteiger partial charge < -0.3 is 0 Å². The van der Waals surface area contributed by atoms with E-state index in [1.54, 1.807) is 0 Å². The number of unbranched alkanes of at least 4 members (excludes halogenated alkanes) is 24. The number of hydrogen-bond acceptors (Lipinski definition) is 0. The van der Waals surface area contributed by atoms with Crippen molar-refractivity contribution in [1.82, 2.24) is 0 Å². The molecule has 0 rings (SSSR count). The molecule has 0 aliphatic rings. The summed E-state index contributed by atoms with van der Waals surface area (Å²) < 4.78 is 0. The SMILES string of the molecule is CCCCCCCCCCCCCCCCCCCCCCCCCCCC(C)C(C)(C)C(C)(C)C(C)(C)C. The van der Waals surface area contributed by atoms with Crippen LogP contribution in [0, 0.1) is 22.2 Å². The third-order valence-electron chi connectivity index (χ3n) is 11.5. The van der Waals surface area contributed by atoms with Crippen molar-refractivity contribution in [2.45, 2.75) is 229 Å². The summed E-state index contributed by atoms with van der Waals surface area (Å²) in [5.74, 6) is 0.788. The summed E-state index contributed by atoms with van der Waals surface area (Å²) in [5.41, 5.74) is 1.06. The molecule has 0 amide bonds. The lowest BCUT2D eigenvalue weighted by Crippen LogP contribution is -2.46. The zero-order chi connectivity index (χ0) is 29.5. The summed E-state index contributed by atoms with van der Waals surface area (Å²) in [7, 11) is 0. The first-order valence-electron chi connectivity index (χ1n) is 18.5. The van der Waals surface area contributed by atoms with Gasteiger partial charge in [-0.25, -0.2) is 0 Å². The van der Waals surface area contributed by atoms with Crippen LogP contribution < -0.4 is 0 Å². The van der Waals surface area contributed by atoms with Gasteiger partial charge in [0.15, 0.2) is 0 Å². The maximum Gasteiger partial charge on any atom is -0.0252 e. The minimum absolute atomic E-state index is 0.339. The van der Waals surface area contributed by atoms with E-state index in [0.717, 1.165) is 5.92 Å². The fourth-order valence-corrected chi connectivity index (χ4v) is 6.53. The Bertz CT molecular complexity index is 505. The smallest absolute Gasteiger partial charge is 0.0252 e. The van der Waals surface area contributed by atoms with Crippen molar-refractivity contribution >= 4 is 0 Å². The predicted molar refractivity (Wildman–Crippen MR) is 182 cm³/mol. The third kappa shape index (κ3) is 18.9. The second-order valence-corrected chi connectivity index (χ2v) is 15.8. The van der Waals surface area contributed by atoms with Crippen molar-refractivity contribution in [2.24, 2.45) is 22.2 Å². The summed E-state index contributed by atoms with van der Waals surface area (Å²) in [6.07, 6.45) is 38.2. The molecule has 0 saturated heterocycles. The monoisotopic (exact) mass is 549 g/mol. The van der Waals surface area contributed by atoms with Gasteiger partial charge in [0, 0.05) is 0 Å². The Balaban J connectivity index is 3.38. The first kappa shape index (κ1) is 39.0. The first-order valence-corrected chi connectivity index (χ1v) is 18.5. The van der Waals surface area contributed by atoms with Crippen LogP contribution in [0.1, 0.15) is 229 Å². The third-order valence-corrected chi connectivity index (χ3v) is 11.5. The quantitative estimate of drug-likeness (QED) is 0.0853. The lowest BCUT2D eigenvalue weighted by atomic mass is 9.51. The van der Waals surface area contributed by atoms with Crippen LogP contribution in [0.4, 0.5) is 0 Å². The van der Waals surface area contributed by atoms with Crippen LogP contribution in [0.2, 0.25) is 0 Å². The molecule has 0 saturated carbocycles. The van der Waals surface area contributed by atoms with Crippen molar-refractivity contribution in [1.29, 1.82) is 0 Å². The summed E-state index contributed by atoms with van der Waals surface area (Å²) >= 11 is 0. The van der Waals surface area contributed by atoms with E-state index in [0.29, 0.717) is 16.2 Å². The lowest BCUT2D eigenvalue weighted by molar-refractivity contribution is -0.0466. The summed E-state index contributed by atoms with van der Waals surface area (Å²) in [6.45, 7) is 22.1. The molecule has 39 heavy (non-hydrogen) atoms. The van der Waals surface area contributed by atoms with Gasteiger partial charge in [0.05, 0.1) is 0 Å². The van der Waals surface area contributed by atoms with Gasteiger partial charge in [-0.15, -0.1) is 0 Å². The highest BCUT2D eigenvalue weighted by Crippen LogP contribution is 2.55. The molecule has 1 atom stereocenters. The molecule has 0 spiro atoms. The van der Waals surface area contributed by atoms with Crippen LogP contribution in [-0.2, 0) is 0 Å². The average Bonchev–Trinajstić information content (AvgIpc) is 2.87. The Morgan fingerprint density at radius 3 is 0.821 bits per heavy atom. The fourth-order valence-electron chi connectivity index (χ4n) is 6.53. The summed E-state index contributed by atoms with van der Waals surface area (Å²) in [6, 6.07) is 0. The molecular weight excluding hydrogens is 468 g/mol. The largest absolute Gasteiger partial charge is 0.0654 e. The van der Waals surface area contributed by atoms with Crippen molar-refractivity contribution in [2.75, 3.05) is 0 Å². The zero-order valence-electron chi connectivity index (χ0n) is 29.5. The van der Waals surface area contributed by atoms with Crippen molar-refractivity contribution in [3.63, 3.8) is 0 Å².